The summed E-state index contributed by atoms with van der Waals surface area (Å²) < 4.78 is 34.2. The number of aromatic nitrogens is 8. The predicted octanol–water partition coefficient (Wildman–Crippen LogP) is 5.45. The highest BCUT2D eigenvalue weighted by Crippen LogP contribution is 2.34. The fourth-order valence-electron chi connectivity index (χ4n) is 4.94. The minimum absolute atomic E-state index is 0.0296. The van der Waals surface area contributed by atoms with Crippen LogP contribution in [0.1, 0.15) is 22.9 Å². The second kappa shape index (κ2) is 11.3. The molecule has 10 nitrogen and oxygen atoms in total. The Morgan fingerprint density at radius 2 is 1.79 bits per heavy atom. The molecular weight excluding hydrogens is 599 g/mol. The number of benzene rings is 2. The maximum absolute atomic E-state index is 15.4. The van der Waals surface area contributed by atoms with E-state index in [2.05, 4.69) is 26.6 Å². The summed E-state index contributed by atoms with van der Waals surface area (Å²) in [6, 6.07) is 13.5. The second-order valence-corrected chi connectivity index (χ2v) is 10.4. The van der Waals surface area contributed by atoms with Crippen LogP contribution in [-0.4, -0.2) is 34.6 Å². The maximum atomic E-state index is 15.4. The van der Waals surface area contributed by atoms with Crippen LogP contribution in [0.4, 0.5) is 8.78 Å². The van der Waals surface area contributed by atoms with Gasteiger partial charge in [0.05, 0.1) is 51.7 Å². The third-order valence-electron chi connectivity index (χ3n) is 6.96. The minimum Gasteiger partial charge on any atom is -0.618 e. The van der Waals surface area contributed by atoms with Crippen LogP contribution in [0, 0.1) is 28.2 Å². The Balaban J connectivity index is 1.45. The van der Waals surface area contributed by atoms with Crippen molar-refractivity contribution in [1.82, 2.24) is 34.6 Å². The Morgan fingerprint density at radius 3 is 2.49 bits per heavy atom. The number of rotatable bonds is 7. The Kier molecular flexibility index (Phi) is 7.35. The third-order valence-corrected chi connectivity index (χ3v) is 7.42. The molecule has 0 N–H and O–H groups in total. The van der Waals surface area contributed by atoms with E-state index in [1.807, 2.05) is 0 Å². The molecule has 4 aromatic heterocycles. The highest BCUT2D eigenvalue weighted by Gasteiger charge is 2.27. The summed E-state index contributed by atoms with van der Waals surface area (Å²) in [6.07, 6.45) is 7.67. The van der Waals surface area contributed by atoms with Gasteiger partial charge in [-0.1, -0.05) is 40.5 Å². The van der Waals surface area contributed by atoms with E-state index >= 15 is 4.39 Å². The first-order valence-corrected chi connectivity index (χ1v) is 13.5. The fraction of sp³-hybridized carbons (Fsp3) is 0.103. The van der Waals surface area contributed by atoms with Gasteiger partial charge in [0.15, 0.2) is 17.2 Å². The van der Waals surface area contributed by atoms with Crippen molar-refractivity contribution in [2.75, 3.05) is 0 Å². The molecule has 0 amide bonds. The van der Waals surface area contributed by atoms with Crippen LogP contribution in [0.5, 0.6) is 0 Å². The molecule has 0 fully saturated rings. The Labute approximate surface area is 253 Å². The van der Waals surface area contributed by atoms with Gasteiger partial charge < -0.3 is 5.21 Å². The van der Waals surface area contributed by atoms with Crippen molar-refractivity contribution in [2.24, 2.45) is 7.05 Å². The molecule has 1 atom stereocenters. The van der Waals surface area contributed by atoms with Crippen molar-refractivity contribution in [1.29, 1.82) is 5.26 Å². The van der Waals surface area contributed by atoms with Crippen LogP contribution >= 0.6 is 23.2 Å². The molecule has 0 bridgehead atoms. The highest BCUT2D eigenvalue weighted by atomic mass is 35.5. The van der Waals surface area contributed by atoms with E-state index in [0.29, 0.717) is 21.6 Å². The first-order chi connectivity index (χ1) is 20.7. The van der Waals surface area contributed by atoms with Crippen LogP contribution < -0.4 is 4.73 Å². The Hall–Kier alpha value is -5.12. The predicted molar refractivity (Wildman–Crippen MR) is 153 cm³/mol. The number of aryl methyl sites for hydroxylation is 1. The first kappa shape index (κ1) is 28.0. The average Bonchev–Trinajstić information content (AvgIpc) is 3.74. The molecular formula is C29H19Cl2F2N9O. The molecule has 0 aliphatic rings. The van der Waals surface area contributed by atoms with E-state index in [1.165, 1.54) is 41.5 Å². The quantitative estimate of drug-likeness (QED) is 0.174. The minimum atomic E-state index is -0.748. The SMILES string of the molecule is Cn1ncc(C#N)c1-c1cnn([C@H](Cc2ccc(F)cc2)c2ccc(-c3c(-n4cc(Cl)nn4)ccc(Cl)c3F)c[n+]2[O-])c1. The lowest BCUT2D eigenvalue weighted by atomic mass is 10.00. The van der Waals surface area contributed by atoms with E-state index in [0.717, 1.165) is 5.56 Å². The topological polar surface area (TPSA) is 117 Å². The molecule has 0 saturated carbocycles. The summed E-state index contributed by atoms with van der Waals surface area (Å²) >= 11 is 12.0. The standard InChI is InChI=1S/C29H19Cl2F2N9O/c1-39-29(19(11-34)12-35-39)20-13-36-40(14-20)25(10-17-2-5-21(32)6-3-17)23-8-4-18(15-42(23)43)27-24(9-7-22(30)28(27)33)41-16-26(31)37-38-41/h2-9,12-16,25H,10H2,1H3/t25-/m1/s1. The summed E-state index contributed by atoms with van der Waals surface area (Å²) in [7, 11) is 1.71. The van der Waals surface area contributed by atoms with Crippen molar-refractivity contribution in [3.63, 3.8) is 0 Å². The summed E-state index contributed by atoms with van der Waals surface area (Å²) in [5, 5.41) is 39.5. The normalized spacial score (nSPS) is 11.9. The van der Waals surface area contributed by atoms with Gasteiger partial charge in [-0.25, -0.2) is 13.5 Å². The van der Waals surface area contributed by atoms with E-state index in [1.54, 1.807) is 59.1 Å². The first-order valence-electron chi connectivity index (χ1n) is 12.7. The molecule has 0 aliphatic carbocycles. The molecule has 0 radical (unpaired) electrons. The lowest BCUT2D eigenvalue weighted by Gasteiger charge is -2.18. The van der Waals surface area contributed by atoms with Crippen molar-refractivity contribution in [3.05, 3.63) is 123 Å². The molecule has 0 saturated heterocycles. The van der Waals surface area contributed by atoms with E-state index < -0.39 is 17.7 Å². The molecule has 0 aliphatic heterocycles. The van der Waals surface area contributed by atoms with Crippen LogP contribution in [-0.2, 0) is 13.5 Å². The van der Waals surface area contributed by atoms with Gasteiger partial charge in [0, 0.05) is 31.3 Å². The van der Waals surface area contributed by atoms with E-state index in [-0.39, 0.29) is 39.1 Å². The van der Waals surface area contributed by atoms with Crippen molar-refractivity contribution >= 4 is 23.2 Å². The van der Waals surface area contributed by atoms with Crippen molar-refractivity contribution < 1.29 is 13.5 Å². The molecule has 14 heteroatoms. The lowest BCUT2D eigenvalue weighted by Crippen LogP contribution is -2.36. The second-order valence-electron chi connectivity index (χ2n) is 9.61. The van der Waals surface area contributed by atoms with Gasteiger partial charge in [0.2, 0.25) is 5.69 Å². The van der Waals surface area contributed by atoms with Gasteiger partial charge in [0.25, 0.3) is 0 Å². The zero-order valence-corrected chi connectivity index (χ0v) is 23.7. The van der Waals surface area contributed by atoms with Gasteiger partial charge in [-0.2, -0.15) is 20.2 Å². The monoisotopic (exact) mass is 617 g/mol. The zero-order chi connectivity index (χ0) is 30.2. The lowest BCUT2D eigenvalue weighted by molar-refractivity contribution is -0.615. The van der Waals surface area contributed by atoms with E-state index in [4.69, 9.17) is 23.2 Å². The van der Waals surface area contributed by atoms with Crippen LogP contribution in [0.3, 0.4) is 0 Å². The molecule has 2 aromatic carbocycles. The zero-order valence-electron chi connectivity index (χ0n) is 22.2. The number of hydrogen-bond donors (Lipinski definition) is 0. The highest BCUT2D eigenvalue weighted by molar-refractivity contribution is 6.31. The molecule has 0 spiro atoms. The largest absolute Gasteiger partial charge is 0.618 e. The maximum Gasteiger partial charge on any atom is 0.217 e. The van der Waals surface area contributed by atoms with Crippen LogP contribution in [0.2, 0.25) is 10.2 Å². The molecule has 6 rings (SSSR count). The smallest absolute Gasteiger partial charge is 0.217 e. The van der Waals surface area contributed by atoms with Gasteiger partial charge in [-0.3, -0.25) is 9.36 Å². The van der Waals surface area contributed by atoms with Crippen LogP contribution in [0.25, 0.3) is 28.1 Å². The van der Waals surface area contributed by atoms with Gasteiger partial charge in [0.1, 0.15) is 17.9 Å². The summed E-state index contributed by atoms with van der Waals surface area (Å²) in [5.74, 6) is -1.14. The number of nitriles is 1. The van der Waals surface area contributed by atoms with Crippen molar-refractivity contribution in [2.45, 2.75) is 12.5 Å². The molecule has 6 aromatic rings. The Bertz CT molecular complexity index is 2010. The third kappa shape index (κ3) is 5.31. The number of nitrogens with zero attached hydrogens (tertiary/aromatic N) is 9. The van der Waals surface area contributed by atoms with Gasteiger partial charge in [-0.05, 0) is 35.9 Å². The van der Waals surface area contributed by atoms with Crippen molar-refractivity contribution in [3.8, 4) is 34.1 Å². The summed E-state index contributed by atoms with van der Waals surface area (Å²) in [4.78, 5) is 0. The average molecular weight is 618 g/mol. The molecule has 214 valence electrons. The molecule has 4 heterocycles. The van der Waals surface area contributed by atoms with Gasteiger partial charge in [-0.15, -0.1) is 5.10 Å². The van der Waals surface area contributed by atoms with E-state index in [9.17, 15) is 14.9 Å². The summed E-state index contributed by atoms with van der Waals surface area (Å²) in [6.45, 7) is 0. The molecule has 0 unspecified atom stereocenters. The Morgan fingerprint density at radius 1 is 1.00 bits per heavy atom. The number of hydrogen-bond acceptors (Lipinski definition) is 6. The molecule has 43 heavy (non-hydrogen) atoms. The number of halogens is 4. The number of pyridine rings is 1. The van der Waals surface area contributed by atoms with Gasteiger partial charge >= 0.3 is 0 Å². The van der Waals surface area contributed by atoms with Crippen LogP contribution in [0.15, 0.2) is 79.5 Å². The fourth-order valence-corrected chi connectivity index (χ4v) is 5.22. The summed E-state index contributed by atoms with van der Waals surface area (Å²) in [5.41, 5.74) is 3.12.